The first-order valence-corrected chi connectivity index (χ1v) is 5.40. The van der Waals surface area contributed by atoms with E-state index >= 15 is 0 Å². The third-order valence-electron chi connectivity index (χ3n) is 2.13. The first kappa shape index (κ1) is 10.7. The Morgan fingerprint density at radius 2 is 2.31 bits per heavy atom. The zero-order chi connectivity index (χ0) is 9.84. The third-order valence-corrected chi connectivity index (χ3v) is 2.74. The Balaban J connectivity index is 2.89. The lowest BCUT2D eigenvalue weighted by molar-refractivity contribution is 0.496. The van der Waals surface area contributed by atoms with Gasteiger partial charge in [-0.2, -0.15) is 5.10 Å². The van der Waals surface area contributed by atoms with E-state index in [0.717, 1.165) is 17.4 Å². The molecule has 1 rings (SSSR count). The largest absolute Gasteiger partial charge is 0.309 e. The summed E-state index contributed by atoms with van der Waals surface area (Å²) >= 11 is 3.51. The topological polar surface area (TPSA) is 29.9 Å². The molecule has 1 N–H and O–H groups in total. The summed E-state index contributed by atoms with van der Waals surface area (Å²) in [5, 5.41) is 7.62. The van der Waals surface area contributed by atoms with Crippen LogP contribution in [0.25, 0.3) is 0 Å². The van der Waals surface area contributed by atoms with E-state index in [1.54, 1.807) is 0 Å². The molecular weight excluding hydrogens is 230 g/mol. The predicted octanol–water partition coefficient (Wildman–Crippen LogP) is 2.24. The van der Waals surface area contributed by atoms with Gasteiger partial charge in [0.25, 0.3) is 0 Å². The van der Waals surface area contributed by atoms with Crippen molar-refractivity contribution in [2.75, 3.05) is 6.54 Å². The molecule has 13 heavy (non-hydrogen) atoms. The molecule has 0 aliphatic carbocycles. The van der Waals surface area contributed by atoms with E-state index in [0.29, 0.717) is 6.04 Å². The molecule has 1 aromatic heterocycles. The van der Waals surface area contributed by atoms with Crippen LogP contribution in [0.2, 0.25) is 0 Å². The molecule has 4 heteroatoms. The molecule has 0 saturated carbocycles. The van der Waals surface area contributed by atoms with E-state index in [1.807, 2.05) is 17.9 Å². The van der Waals surface area contributed by atoms with Gasteiger partial charge in [-0.1, -0.05) is 13.8 Å². The number of hydrogen-bond acceptors (Lipinski definition) is 2. The Labute approximate surface area is 87.6 Å². The van der Waals surface area contributed by atoms with Crippen molar-refractivity contribution in [3.63, 3.8) is 0 Å². The number of nitrogens with zero attached hydrogens (tertiary/aromatic N) is 2. The minimum Gasteiger partial charge on any atom is -0.309 e. The second kappa shape index (κ2) is 4.77. The zero-order valence-corrected chi connectivity index (χ0v) is 9.93. The van der Waals surface area contributed by atoms with Gasteiger partial charge in [-0.25, -0.2) is 0 Å². The molecule has 0 aliphatic heterocycles. The van der Waals surface area contributed by atoms with Crippen LogP contribution in [-0.2, 0) is 7.05 Å². The van der Waals surface area contributed by atoms with Gasteiger partial charge in [0.1, 0.15) is 0 Å². The number of aromatic nitrogens is 2. The minimum absolute atomic E-state index is 0.395. The molecule has 0 fully saturated rings. The van der Waals surface area contributed by atoms with E-state index in [-0.39, 0.29) is 0 Å². The Hall–Kier alpha value is -0.350. The van der Waals surface area contributed by atoms with Crippen molar-refractivity contribution in [1.82, 2.24) is 15.1 Å². The second-order valence-electron chi connectivity index (χ2n) is 3.02. The Morgan fingerprint density at radius 1 is 1.62 bits per heavy atom. The van der Waals surface area contributed by atoms with E-state index in [1.165, 1.54) is 5.69 Å². The van der Waals surface area contributed by atoms with Gasteiger partial charge in [0.15, 0.2) is 0 Å². The normalized spacial score (nSPS) is 13.2. The molecule has 0 saturated heterocycles. The van der Waals surface area contributed by atoms with Crippen LogP contribution >= 0.6 is 15.9 Å². The molecular formula is C9H16BrN3. The lowest BCUT2D eigenvalue weighted by Crippen LogP contribution is -2.22. The first-order chi connectivity index (χ1) is 6.20. The van der Waals surface area contributed by atoms with Crippen LogP contribution in [0.3, 0.4) is 0 Å². The van der Waals surface area contributed by atoms with Crippen molar-refractivity contribution in [1.29, 1.82) is 0 Å². The maximum absolute atomic E-state index is 4.20. The molecule has 1 atom stereocenters. The highest BCUT2D eigenvalue weighted by molar-refractivity contribution is 9.10. The van der Waals surface area contributed by atoms with Gasteiger partial charge >= 0.3 is 0 Å². The second-order valence-corrected chi connectivity index (χ2v) is 3.87. The quantitative estimate of drug-likeness (QED) is 0.882. The summed E-state index contributed by atoms with van der Waals surface area (Å²) in [6.45, 7) is 5.27. The number of rotatable bonds is 4. The molecule has 74 valence electrons. The van der Waals surface area contributed by atoms with Gasteiger partial charge in [0.05, 0.1) is 22.4 Å². The molecule has 0 radical (unpaired) electrons. The molecule has 0 spiro atoms. The van der Waals surface area contributed by atoms with Crippen LogP contribution in [0, 0.1) is 0 Å². The summed E-state index contributed by atoms with van der Waals surface area (Å²) < 4.78 is 3.00. The summed E-state index contributed by atoms with van der Waals surface area (Å²) in [4.78, 5) is 0. The molecule has 1 aromatic rings. The molecule has 0 aliphatic rings. The summed E-state index contributed by atoms with van der Waals surface area (Å²) in [5.74, 6) is 0. The average molecular weight is 246 g/mol. The Bertz CT molecular complexity index is 250. The van der Waals surface area contributed by atoms with Crippen LogP contribution in [0.4, 0.5) is 0 Å². The van der Waals surface area contributed by atoms with Crippen molar-refractivity contribution < 1.29 is 0 Å². The highest BCUT2D eigenvalue weighted by Gasteiger charge is 2.15. The van der Waals surface area contributed by atoms with Crippen LogP contribution in [0.5, 0.6) is 0 Å². The highest BCUT2D eigenvalue weighted by atomic mass is 79.9. The van der Waals surface area contributed by atoms with Crippen molar-refractivity contribution in [3.05, 3.63) is 16.4 Å². The molecule has 0 aromatic carbocycles. The van der Waals surface area contributed by atoms with Crippen LogP contribution in [-0.4, -0.2) is 16.3 Å². The predicted molar refractivity (Wildman–Crippen MR) is 57.6 cm³/mol. The third kappa shape index (κ3) is 2.31. The summed E-state index contributed by atoms with van der Waals surface area (Å²) in [6.07, 6.45) is 2.92. The van der Waals surface area contributed by atoms with E-state index in [9.17, 15) is 0 Å². The monoisotopic (exact) mass is 245 g/mol. The van der Waals surface area contributed by atoms with Gasteiger partial charge in [-0.05, 0) is 28.9 Å². The maximum atomic E-state index is 4.20. The highest BCUT2D eigenvalue weighted by Crippen LogP contribution is 2.24. The van der Waals surface area contributed by atoms with Gasteiger partial charge in [-0.15, -0.1) is 0 Å². The number of aryl methyl sites for hydroxylation is 1. The van der Waals surface area contributed by atoms with Gasteiger partial charge in [-0.3, -0.25) is 4.68 Å². The van der Waals surface area contributed by atoms with Gasteiger partial charge in [0, 0.05) is 7.05 Å². The minimum atomic E-state index is 0.395. The van der Waals surface area contributed by atoms with Crippen molar-refractivity contribution in [3.8, 4) is 0 Å². The fraction of sp³-hybridized carbons (Fsp3) is 0.667. The molecule has 0 bridgehead atoms. The summed E-state index contributed by atoms with van der Waals surface area (Å²) in [7, 11) is 1.97. The zero-order valence-electron chi connectivity index (χ0n) is 8.34. The molecule has 1 unspecified atom stereocenters. The average Bonchev–Trinajstić information content (AvgIpc) is 2.43. The van der Waals surface area contributed by atoms with Crippen LogP contribution in [0.1, 0.15) is 32.0 Å². The fourth-order valence-corrected chi connectivity index (χ4v) is 2.12. The number of hydrogen-bond donors (Lipinski definition) is 1. The first-order valence-electron chi connectivity index (χ1n) is 4.61. The smallest absolute Gasteiger partial charge is 0.0692 e. The lowest BCUT2D eigenvalue weighted by atomic mass is 10.1. The van der Waals surface area contributed by atoms with Crippen molar-refractivity contribution in [2.24, 2.45) is 7.05 Å². The van der Waals surface area contributed by atoms with E-state index < -0.39 is 0 Å². The van der Waals surface area contributed by atoms with Gasteiger partial charge < -0.3 is 5.32 Å². The Morgan fingerprint density at radius 3 is 2.69 bits per heavy atom. The van der Waals surface area contributed by atoms with Crippen LogP contribution < -0.4 is 5.32 Å². The summed E-state index contributed by atoms with van der Waals surface area (Å²) in [6, 6.07) is 0.395. The van der Waals surface area contributed by atoms with E-state index in [4.69, 9.17) is 0 Å². The van der Waals surface area contributed by atoms with Crippen molar-refractivity contribution in [2.45, 2.75) is 26.3 Å². The summed E-state index contributed by atoms with van der Waals surface area (Å²) in [5.41, 5.74) is 1.23. The van der Waals surface area contributed by atoms with Crippen LogP contribution in [0.15, 0.2) is 10.7 Å². The van der Waals surface area contributed by atoms with E-state index in [2.05, 4.69) is 40.2 Å². The Kier molecular flexibility index (Phi) is 3.93. The molecule has 0 amide bonds. The molecule has 3 nitrogen and oxygen atoms in total. The SMILES string of the molecule is CCNC(CC)c1c(Br)cnn1C. The lowest BCUT2D eigenvalue weighted by Gasteiger charge is -2.16. The van der Waals surface area contributed by atoms with Crippen molar-refractivity contribution >= 4 is 15.9 Å². The number of halogens is 1. The maximum Gasteiger partial charge on any atom is 0.0692 e. The fourth-order valence-electron chi connectivity index (χ4n) is 1.49. The molecule has 1 heterocycles. The standard InChI is InChI=1S/C9H16BrN3/c1-4-8(11-5-2)9-7(10)6-12-13(9)3/h6,8,11H,4-5H2,1-3H3. The number of nitrogens with one attached hydrogen (secondary N) is 1. The van der Waals surface area contributed by atoms with Gasteiger partial charge in [0.2, 0.25) is 0 Å².